The Hall–Kier alpha value is -1.10. The molecule has 5 nitrogen and oxygen atoms in total. The van der Waals surface area contributed by atoms with Crippen LogP contribution in [0.5, 0.6) is 0 Å². The maximum atomic E-state index is 11.6. The summed E-state index contributed by atoms with van der Waals surface area (Å²) < 4.78 is 4.92. The highest BCUT2D eigenvalue weighted by Gasteiger charge is 2.29. The summed E-state index contributed by atoms with van der Waals surface area (Å²) >= 11 is 0. The predicted octanol–water partition coefficient (Wildman–Crippen LogP) is 0.525. The van der Waals surface area contributed by atoms with Crippen LogP contribution in [0, 0.1) is 5.92 Å². The molecule has 5 heteroatoms. The summed E-state index contributed by atoms with van der Waals surface area (Å²) in [5, 5.41) is 0. The number of hydrogen-bond acceptors (Lipinski definition) is 4. The summed E-state index contributed by atoms with van der Waals surface area (Å²) in [6, 6.07) is -0.0290. The van der Waals surface area contributed by atoms with Crippen LogP contribution >= 0.6 is 0 Å². The van der Waals surface area contributed by atoms with E-state index in [9.17, 15) is 9.59 Å². The van der Waals surface area contributed by atoms with Crippen molar-refractivity contribution >= 4 is 11.9 Å². The van der Waals surface area contributed by atoms with E-state index in [0.717, 1.165) is 6.42 Å². The summed E-state index contributed by atoms with van der Waals surface area (Å²) in [5.41, 5.74) is 5.91. The second kappa shape index (κ2) is 6.59. The number of nitrogens with zero attached hydrogens (tertiary/aromatic N) is 1. The summed E-state index contributed by atoms with van der Waals surface area (Å²) in [4.78, 5) is 24.8. The molecule has 0 radical (unpaired) electrons. The van der Waals surface area contributed by atoms with Gasteiger partial charge in [0.05, 0.1) is 13.0 Å². The minimum Gasteiger partial charge on any atom is -0.466 e. The van der Waals surface area contributed by atoms with Crippen molar-refractivity contribution in [3.8, 4) is 0 Å². The van der Waals surface area contributed by atoms with Crippen molar-refractivity contribution in [2.24, 2.45) is 11.7 Å². The second-order valence-electron chi connectivity index (χ2n) is 4.52. The van der Waals surface area contributed by atoms with Crippen molar-refractivity contribution < 1.29 is 14.3 Å². The fraction of sp³-hybridized carbons (Fsp3) is 0.833. The van der Waals surface area contributed by atoms with Crippen LogP contribution in [-0.2, 0) is 14.3 Å². The molecule has 1 fully saturated rings. The molecule has 0 bridgehead atoms. The van der Waals surface area contributed by atoms with Gasteiger partial charge in [-0.25, -0.2) is 0 Å². The molecule has 0 aromatic carbocycles. The van der Waals surface area contributed by atoms with E-state index in [1.54, 1.807) is 11.8 Å². The van der Waals surface area contributed by atoms with Crippen LogP contribution in [0.3, 0.4) is 0 Å². The fourth-order valence-corrected chi connectivity index (χ4v) is 2.28. The molecule has 0 saturated carbocycles. The van der Waals surface area contributed by atoms with E-state index < -0.39 is 0 Å². The molecule has 1 aliphatic rings. The first-order valence-electron chi connectivity index (χ1n) is 6.25. The first kappa shape index (κ1) is 14.0. The standard InChI is InChI=1S/C12H22N2O3/c1-3-11(15)14-7-9(5-10(13)8-14)6-12(16)17-4-2/h9-10H,3-8,13H2,1-2H3. The SMILES string of the molecule is CCOC(=O)CC1CC(N)CN(C(=O)CC)C1. The number of rotatable bonds is 4. The van der Waals surface area contributed by atoms with E-state index in [2.05, 4.69) is 0 Å². The van der Waals surface area contributed by atoms with Gasteiger partial charge in [-0.2, -0.15) is 0 Å². The van der Waals surface area contributed by atoms with Crippen LogP contribution in [0.4, 0.5) is 0 Å². The van der Waals surface area contributed by atoms with E-state index in [4.69, 9.17) is 10.5 Å². The van der Waals surface area contributed by atoms with Gasteiger partial charge in [-0.1, -0.05) is 6.92 Å². The molecule has 1 amide bonds. The van der Waals surface area contributed by atoms with Gasteiger partial charge < -0.3 is 15.4 Å². The number of carbonyl (C=O) groups excluding carboxylic acids is 2. The number of esters is 1. The largest absolute Gasteiger partial charge is 0.466 e. The molecule has 98 valence electrons. The van der Waals surface area contributed by atoms with Gasteiger partial charge in [0, 0.05) is 25.6 Å². The molecule has 2 atom stereocenters. The van der Waals surface area contributed by atoms with Crippen molar-refractivity contribution in [1.82, 2.24) is 4.90 Å². The van der Waals surface area contributed by atoms with Gasteiger partial charge in [0.25, 0.3) is 0 Å². The third-order valence-electron chi connectivity index (χ3n) is 2.99. The Morgan fingerprint density at radius 2 is 2.06 bits per heavy atom. The summed E-state index contributed by atoms with van der Waals surface area (Å²) in [5.74, 6) is 0.0396. The molecule has 1 rings (SSSR count). The summed E-state index contributed by atoms with van der Waals surface area (Å²) in [6.45, 7) is 5.25. The molecule has 2 unspecified atom stereocenters. The number of nitrogens with two attached hydrogens (primary N) is 1. The second-order valence-corrected chi connectivity index (χ2v) is 4.52. The Labute approximate surface area is 102 Å². The molecule has 2 N–H and O–H groups in total. The molecule has 0 aliphatic carbocycles. The molecule has 0 aromatic heterocycles. The Balaban J connectivity index is 2.50. The van der Waals surface area contributed by atoms with Crippen molar-refractivity contribution in [2.75, 3.05) is 19.7 Å². The number of ether oxygens (including phenoxy) is 1. The minimum atomic E-state index is -0.199. The van der Waals surface area contributed by atoms with Crippen LogP contribution in [0.1, 0.15) is 33.1 Å². The molecule has 0 aromatic rings. The first-order chi connectivity index (χ1) is 8.06. The maximum Gasteiger partial charge on any atom is 0.306 e. The van der Waals surface area contributed by atoms with Gasteiger partial charge in [-0.3, -0.25) is 9.59 Å². The number of hydrogen-bond donors (Lipinski definition) is 1. The van der Waals surface area contributed by atoms with Crippen LogP contribution in [-0.4, -0.2) is 42.5 Å². The Kier molecular flexibility index (Phi) is 5.41. The van der Waals surface area contributed by atoms with Gasteiger partial charge in [0.15, 0.2) is 0 Å². The highest BCUT2D eigenvalue weighted by Crippen LogP contribution is 2.20. The zero-order valence-corrected chi connectivity index (χ0v) is 10.6. The van der Waals surface area contributed by atoms with Crippen LogP contribution in [0.15, 0.2) is 0 Å². The van der Waals surface area contributed by atoms with Gasteiger partial charge in [0.2, 0.25) is 5.91 Å². The summed E-state index contributed by atoms with van der Waals surface area (Å²) in [6.07, 6.45) is 1.63. The van der Waals surface area contributed by atoms with Crippen molar-refractivity contribution in [2.45, 2.75) is 39.2 Å². The van der Waals surface area contributed by atoms with Gasteiger partial charge in [0.1, 0.15) is 0 Å². The highest BCUT2D eigenvalue weighted by atomic mass is 16.5. The zero-order chi connectivity index (χ0) is 12.8. The normalized spacial score (nSPS) is 24.5. The van der Waals surface area contributed by atoms with Crippen molar-refractivity contribution in [1.29, 1.82) is 0 Å². The summed E-state index contributed by atoms with van der Waals surface area (Å²) in [7, 11) is 0. The van der Waals surface area contributed by atoms with Gasteiger partial charge >= 0.3 is 5.97 Å². The average molecular weight is 242 g/mol. The number of amides is 1. The topological polar surface area (TPSA) is 72.6 Å². The van der Waals surface area contributed by atoms with Crippen molar-refractivity contribution in [3.63, 3.8) is 0 Å². The van der Waals surface area contributed by atoms with Crippen molar-refractivity contribution in [3.05, 3.63) is 0 Å². The van der Waals surface area contributed by atoms with Crippen LogP contribution in [0.2, 0.25) is 0 Å². The van der Waals surface area contributed by atoms with E-state index in [-0.39, 0.29) is 23.8 Å². The van der Waals surface area contributed by atoms with E-state index >= 15 is 0 Å². The van der Waals surface area contributed by atoms with E-state index in [0.29, 0.717) is 32.5 Å². The molecular weight excluding hydrogens is 220 g/mol. The number of likely N-dealkylation sites (tertiary alicyclic amines) is 1. The van der Waals surface area contributed by atoms with E-state index in [1.165, 1.54) is 0 Å². The third kappa shape index (κ3) is 4.34. The highest BCUT2D eigenvalue weighted by molar-refractivity contribution is 5.76. The smallest absolute Gasteiger partial charge is 0.306 e. The maximum absolute atomic E-state index is 11.6. The quantitative estimate of drug-likeness (QED) is 0.730. The molecule has 17 heavy (non-hydrogen) atoms. The molecule has 1 saturated heterocycles. The number of piperidine rings is 1. The lowest BCUT2D eigenvalue weighted by Crippen LogP contribution is -2.49. The molecule has 1 heterocycles. The zero-order valence-electron chi connectivity index (χ0n) is 10.6. The third-order valence-corrected chi connectivity index (χ3v) is 2.99. The molecule has 0 spiro atoms. The van der Waals surface area contributed by atoms with Gasteiger partial charge in [-0.05, 0) is 19.3 Å². The average Bonchev–Trinajstić information content (AvgIpc) is 2.27. The lowest BCUT2D eigenvalue weighted by Gasteiger charge is -2.35. The minimum absolute atomic E-state index is 0.0290. The predicted molar refractivity (Wildman–Crippen MR) is 64.2 cm³/mol. The molecule has 1 aliphatic heterocycles. The lowest BCUT2D eigenvalue weighted by atomic mass is 9.92. The van der Waals surface area contributed by atoms with Gasteiger partial charge in [-0.15, -0.1) is 0 Å². The first-order valence-corrected chi connectivity index (χ1v) is 6.25. The molecular formula is C12H22N2O3. The van der Waals surface area contributed by atoms with E-state index in [1.807, 2.05) is 6.92 Å². The Morgan fingerprint density at radius 3 is 2.65 bits per heavy atom. The monoisotopic (exact) mass is 242 g/mol. The van der Waals surface area contributed by atoms with Crippen LogP contribution in [0.25, 0.3) is 0 Å². The Morgan fingerprint density at radius 1 is 1.35 bits per heavy atom. The Bertz CT molecular complexity index is 281. The number of carbonyl (C=O) groups is 2. The fourth-order valence-electron chi connectivity index (χ4n) is 2.28. The van der Waals surface area contributed by atoms with Crippen LogP contribution < -0.4 is 5.73 Å². The lowest BCUT2D eigenvalue weighted by molar-refractivity contribution is -0.146.